The summed E-state index contributed by atoms with van der Waals surface area (Å²) in [5, 5.41) is 7.28. The van der Waals surface area contributed by atoms with Gasteiger partial charge in [0.05, 0.1) is 12.6 Å². The van der Waals surface area contributed by atoms with E-state index in [0.717, 1.165) is 5.52 Å². The van der Waals surface area contributed by atoms with E-state index in [9.17, 15) is 4.79 Å². The summed E-state index contributed by atoms with van der Waals surface area (Å²) in [6, 6.07) is 5.17. The molecule has 1 aromatic heterocycles. The van der Waals surface area contributed by atoms with Crippen LogP contribution in [0.2, 0.25) is 0 Å². The summed E-state index contributed by atoms with van der Waals surface area (Å²) in [5.41, 5.74) is 7.21. The highest BCUT2D eigenvalue weighted by Crippen LogP contribution is 2.18. The number of carbonyl (C=O) groups excluding carboxylic acids is 1. The van der Waals surface area contributed by atoms with E-state index in [0.29, 0.717) is 11.1 Å². The second-order valence-corrected chi connectivity index (χ2v) is 2.87. The number of H-pyrrole nitrogens is 1. The van der Waals surface area contributed by atoms with Gasteiger partial charge in [-0.15, -0.1) is 0 Å². The number of ether oxygens (including phenoxy) is 1. The summed E-state index contributed by atoms with van der Waals surface area (Å²) < 4.78 is 4.58. The molecule has 0 atom stereocenters. The number of esters is 1. The molecule has 0 amide bonds. The number of aromatic nitrogens is 2. The molecule has 3 N–H and O–H groups in total. The number of benzene rings is 1. The van der Waals surface area contributed by atoms with Crippen molar-refractivity contribution in [1.29, 1.82) is 0 Å². The first kappa shape index (κ1) is 8.55. The van der Waals surface area contributed by atoms with Gasteiger partial charge in [-0.2, -0.15) is 5.10 Å². The third kappa shape index (κ3) is 1.19. The Balaban J connectivity index is 2.64. The highest BCUT2D eigenvalue weighted by atomic mass is 16.5. The van der Waals surface area contributed by atoms with E-state index in [-0.39, 0.29) is 5.69 Å². The highest BCUT2D eigenvalue weighted by Gasteiger charge is 2.13. The van der Waals surface area contributed by atoms with E-state index in [2.05, 4.69) is 14.9 Å². The molecule has 1 aromatic carbocycles. The number of methoxy groups -OCH3 is 1. The second-order valence-electron chi connectivity index (χ2n) is 2.87. The van der Waals surface area contributed by atoms with Gasteiger partial charge in [-0.05, 0) is 18.2 Å². The minimum Gasteiger partial charge on any atom is -0.464 e. The van der Waals surface area contributed by atoms with Crippen molar-refractivity contribution >= 4 is 22.6 Å². The van der Waals surface area contributed by atoms with Crippen LogP contribution in [-0.2, 0) is 4.74 Å². The molecule has 0 saturated heterocycles. The number of nitrogens with one attached hydrogen (secondary N) is 1. The molecule has 0 fully saturated rings. The number of anilines is 1. The number of hydrogen-bond donors (Lipinski definition) is 2. The first-order valence-corrected chi connectivity index (χ1v) is 4.04. The fourth-order valence-electron chi connectivity index (χ4n) is 1.29. The molecule has 2 rings (SSSR count). The molecule has 72 valence electrons. The van der Waals surface area contributed by atoms with Crippen molar-refractivity contribution in [3.8, 4) is 0 Å². The molecule has 0 aliphatic carbocycles. The standard InChI is InChI=1S/C9H9N3O2/c1-14-9(13)8-6-3-2-5(10)4-7(6)11-12-8/h2-4H,10H2,1H3,(H,11,12). The van der Waals surface area contributed by atoms with Gasteiger partial charge in [0.15, 0.2) is 5.69 Å². The van der Waals surface area contributed by atoms with Gasteiger partial charge < -0.3 is 10.5 Å². The lowest BCUT2D eigenvalue weighted by Crippen LogP contribution is -2.01. The molecular formula is C9H9N3O2. The van der Waals surface area contributed by atoms with Gasteiger partial charge in [0.2, 0.25) is 0 Å². The van der Waals surface area contributed by atoms with Crippen molar-refractivity contribution in [1.82, 2.24) is 10.2 Å². The Morgan fingerprint density at radius 2 is 2.36 bits per heavy atom. The molecule has 0 aliphatic heterocycles. The van der Waals surface area contributed by atoms with E-state index in [1.807, 2.05) is 0 Å². The first-order valence-electron chi connectivity index (χ1n) is 4.04. The Kier molecular flexibility index (Phi) is 1.85. The summed E-state index contributed by atoms with van der Waals surface area (Å²) in [5.74, 6) is -0.457. The number of hydrogen-bond acceptors (Lipinski definition) is 4. The van der Waals surface area contributed by atoms with Gasteiger partial charge in [-0.1, -0.05) is 0 Å². The predicted octanol–water partition coefficient (Wildman–Crippen LogP) is 0.932. The summed E-state index contributed by atoms with van der Waals surface area (Å²) >= 11 is 0. The van der Waals surface area contributed by atoms with Crippen LogP contribution >= 0.6 is 0 Å². The lowest BCUT2D eigenvalue weighted by molar-refractivity contribution is 0.0596. The van der Waals surface area contributed by atoms with Gasteiger partial charge in [0.1, 0.15) is 0 Å². The van der Waals surface area contributed by atoms with Crippen LogP contribution in [-0.4, -0.2) is 23.3 Å². The predicted molar refractivity (Wildman–Crippen MR) is 51.8 cm³/mol. The third-order valence-corrected chi connectivity index (χ3v) is 1.97. The van der Waals surface area contributed by atoms with E-state index in [4.69, 9.17) is 5.73 Å². The van der Waals surface area contributed by atoms with Gasteiger partial charge >= 0.3 is 5.97 Å². The zero-order chi connectivity index (χ0) is 10.1. The van der Waals surface area contributed by atoms with Gasteiger partial charge in [0, 0.05) is 11.1 Å². The fraction of sp³-hybridized carbons (Fsp3) is 0.111. The summed E-state index contributed by atoms with van der Waals surface area (Å²) in [4.78, 5) is 11.2. The molecule has 0 bridgehead atoms. The molecule has 14 heavy (non-hydrogen) atoms. The van der Waals surface area contributed by atoms with Gasteiger partial charge in [-0.25, -0.2) is 4.79 Å². The van der Waals surface area contributed by atoms with Crippen LogP contribution in [0, 0.1) is 0 Å². The first-order chi connectivity index (χ1) is 6.72. The lowest BCUT2D eigenvalue weighted by Gasteiger charge is -1.95. The zero-order valence-electron chi connectivity index (χ0n) is 7.57. The van der Waals surface area contributed by atoms with Crippen LogP contribution in [0.25, 0.3) is 10.9 Å². The molecular weight excluding hydrogens is 182 g/mol. The SMILES string of the molecule is COC(=O)c1n[nH]c2cc(N)ccc12. The molecule has 5 nitrogen and oxygen atoms in total. The Labute approximate surface area is 79.9 Å². The summed E-state index contributed by atoms with van der Waals surface area (Å²) in [6.07, 6.45) is 0. The number of nitrogens with two attached hydrogens (primary N) is 1. The van der Waals surface area contributed by atoms with Crippen LogP contribution in [0.3, 0.4) is 0 Å². The fourth-order valence-corrected chi connectivity index (χ4v) is 1.29. The van der Waals surface area contributed by atoms with Crippen molar-refractivity contribution in [2.45, 2.75) is 0 Å². The number of rotatable bonds is 1. The Morgan fingerprint density at radius 3 is 3.07 bits per heavy atom. The Morgan fingerprint density at radius 1 is 1.57 bits per heavy atom. The van der Waals surface area contributed by atoms with E-state index < -0.39 is 5.97 Å². The summed E-state index contributed by atoms with van der Waals surface area (Å²) in [7, 11) is 1.32. The third-order valence-electron chi connectivity index (χ3n) is 1.97. The second kappa shape index (κ2) is 3.02. The minimum atomic E-state index is -0.457. The van der Waals surface area contributed by atoms with Gasteiger partial charge in [0.25, 0.3) is 0 Å². The van der Waals surface area contributed by atoms with Crippen molar-refractivity contribution in [3.05, 3.63) is 23.9 Å². The normalized spacial score (nSPS) is 10.4. The quantitative estimate of drug-likeness (QED) is 0.519. The van der Waals surface area contributed by atoms with Crippen molar-refractivity contribution in [2.24, 2.45) is 0 Å². The zero-order valence-corrected chi connectivity index (χ0v) is 7.57. The molecule has 0 saturated carbocycles. The number of nitrogen functional groups attached to an aromatic ring is 1. The highest BCUT2D eigenvalue weighted by molar-refractivity contribution is 6.02. The largest absolute Gasteiger partial charge is 0.464 e. The number of aromatic amines is 1. The van der Waals surface area contributed by atoms with Crippen LogP contribution < -0.4 is 5.73 Å². The van der Waals surface area contributed by atoms with Gasteiger partial charge in [-0.3, -0.25) is 5.10 Å². The maximum Gasteiger partial charge on any atom is 0.359 e. The number of carbonyl (C=O) groups is 1. The van der Waals surface area contributed by atoms with Crippen LogP contribution in [0.1, 0.15) is 10.5 Å². The van der Waals surface area contributed by atoms with Crippen LogP contribution in [0.5, 0.6) is 0 Å². The van der Waals surface area contributed by atoms with Crippen molar-refractivity contribution < 1.29 is 9.53 Å². The average molecular weight is 191 g/mol. The molecule has 0 spiro atoms. The molecule has 0 unspecified atom stereocenters. The lowest BCUT2D eigenvalue weighted by atomic mass is 10.2. The van der Waals surface area contributed by atoms with Crippen LogP contribution in [0.15, 0.2) is 18.2 Å². The smallest absolute Gasteiger partial charge is 0.359 e. The monoisotopic (exact) mass is 191 g/mol. The van der Waals surface area contributed by atoms with E-state index >= 15 is 0 Å². The van der Waals surface area contributed by atoms with E-state index in [1.165, 1.54) is 7.11 Å². The maximum absolute atomic E-state index is 11.2. The molecule has 0 radical (unpaired) electrons. The Hall–Kier alpha value is -2.04. The molecule has 2 aromatic rings. The average Bonchev–Trinajstić information content (AvgIpc) is 2.59. The van der Waals surface area contributed by atoms with E-state index in [1.54, 1.807) is 18.2 Å². The topological polar surface area (TPSA) is 81.0 Å². The molecule has 0 aliphatic rings. The van der Waals surface area contributed by atoms with Crippen molar-refractivity contribution in [3.63, 3.8) is 0 Å². The Bertz CT molecular complexity index is 490. The molecule has 1 heterocycles. The molecule has 5 heteroatoms. The minimum absolute atomic E-state index is 0.280. The summed E-state index contributed by atoms with van der Waals surface area (Å²) in [6.45, 7) is 0. The van der Waals surface area contributed by atoms with Crippen LogP contribution in [0.4, 0.5) is 5.69 Å². The van der Waals surface area contributed by atoms with Crippen molar-refractivity contribution in [2.75, 3.05) is 12.8 Å². The number of nitrogens with zero attached hydrogens (tertiary/aromatic N) is 1. The maximum atomic E-state index is 11.2. The number of fused-ring (bicyclic) bond motifs is 1.